The molecule has 0 radical (unpaired) electrons. The lowest BCUT2D eigenvalue weighted by Crippen LogP contribution is -2.05. The largest absolute Gasteiger partial charge is 0.497 e. The number of methoxy groups -OCH3 is 1. The Morgan fingerprint density at radius 2 is 2.07 bits per heavy atom. The highest BCUT2D eigenvalue weighted by molar-refractivity contribution is 5.29. The van der Waals surface area contributed by atoms with E-state index < -0.39 is 0 Å². The third-order valence-electron chi connectivity index (χ3n) is 2.01. The minimum atomic E-state index is 0.253. The zero-order valence-corrected chi connectivity index (χ0v) is 8.16. The second-order valence-electron chi connectivity index (χ2n) is 3.00. The Hall–Kier alpha value is -1.35. The third kappa shape index (κ3) is 2.85. The van der Waals surface area contributed by atoms with Crippen molar-refractivity contribution in [3.8, 4) is 5.75 Å². The molecule has 0 spiro atoms. The van der Waals surface area contributed by atoms with Gasteiger partial charge in [0.05, 0.1) is 13.4 Å². The molecule has 0 saturated carbocycles. The summed E-state index contributed by atoms with van der Waals surface area (Å²) in [5.41, 5.74) is 6.97. The van der Waals surface area contributed by atoms with Crippen molar-refractivity contribution in [1.82, 2.24) is 0 Å². The van der Waals surface area contributed by atoms with E-state index >= 15 is 0 Å². The van der Waals surface area contributed by atoms with Crippen molar-refractivity contribution < 1.29 is 9.13 Å². The summed E-state index contributed by atoms with van der Waals surface area (Å²) in [7, 11) is 1.61. The minimum Gasteiger partial charge on any atom is -0.497 e. The van der Waals surface area contributed by atoms with Gasteiger partial charge in [-0.25, -0.2) is 4.39 Å². The van der Waals surface area contributed by atoms with E-state index in [4.69, 9.17) is 10.5 Å². The van der Waals surface area contributed by atoms with Crippen molar-refractivity contribution in [2.45, 2.75) is 6.42 Å². The Kier molecular flexibility index (Phi) is 4.13. The molecular formula is C11H14FNO. The number of hydrogen-bond donors (Lipinski definition) is 1. The smallest absolute Gasteiger partial charge is 0.118 e. The average molecular weight is 195 g/mol. The fraction of sp³-hybridized carbons (Fsp3) is 0.273. The molecule has 0 aliphatic heterocycles. The number of ether oxygens (including phenoxy) is 1. The van der Waals surface area contributed by atoms with Gasteiger partial charge in [-0.05, 0) is 29.7 Å². The van der Waals surface area contributed by atoms with Crippen LogP contribution >= 0.6 is 0 Å². The summed E-state index contributed by atoms with van der Waals surface area (Å²) in [6.45, 7) is 0.253. The molecule has 0 atom stereocenters. The summed E-state index contributed by atoms with van der Waals surface area (Å²) in [4.78, 5) is 0. The molecule has 14 heavy (non-hydrogen) atoms. The SMILES string of the molecule is COc1ccc(C/C(=C\F)CN)cc1. The van der Waals surface area contributed by atoms with E-state index in [1.807, 2.05) is 24.3 Å². The number of nitrogens with two attached hydrogens (primary N) is 1. The highest BCUT2D eigenvalue weighted by atomic mass is 19.1. The summed E-state index contributed by atoms with van der Waals surface area (Å²) in [5, 5.41) is 0. The highest BCUT2D eigenvalue weighted by Crippen LogP contribution is 2.13. The first-order valence-corrected chi connectivity index (χ1v) is 4.41. The summed E-state index contributed by atoms with van der Waals surface area (Å²) in [5.74, 6) is 0.798. The number of rotatable bonds is 4. The van der Waals surface area contributed by atoms with Gasteiger partial charge >= 0.3 is 0 Å². The second kappa shape index (κ2) is 5.40. The summed E-state index contributed by atoms with van der Waals surface area (Å²) in [6, 6.07) is 7.50. The van der Waals surface area contributed by atoms with Gasteiger partial charge in [-0.3, -0.25) is 0 Å². The maximum Gasteiger partial charge on any atom is 0.118 e. The summed E-state index contributed by atoms with van der Waals surface area (Å²) in [6.07, 6.45) is 1.13. The predicted molar refractivity (Wildman–Crippen MR) is 54.9 cm³/mol. The molecular weight excluding hydrogens is 181 g/mol. The molecule has 1 aromatic rings. The molecule has 1 rings (SSSR count). The first-order valence-electron chi connectivity index (χ1n) is 4.41. The van der Waals surface area contributed by atoms with Crippen LogP contribution in [0.2, 0.25) is 0 Å². The first kappa shape index (κ1) is 10.7. The molecule has 0 bridgehead atoms. The molecule has 76 valence electrons. The molecule has 0 aliphatic rings. The molecule has 0 heterocycles. The van der Waals surface area contributed by atoms with Crippen LogP contribution in [0.25, 0.3) is 0 Å². The van der Waals surface area contributed by atoms with E-state index in [2.05, 4.69) is 0 Å². The average Bonchev–Trinajstić information content (AvgIpc) is 2.26. The van der Waals surface area contributed by atoms with Gasteiger partial charge in [-0.15, -0.1) is 0 Å². The van der Waals surface area contributed by atoms with Crippen molar-refractivity contribution in [2.75, 3.05) is 13.7 Å². The lowest BCUT2D eigenvalue weighted by Gasteiger charge is -2.04. The predicted octanol–water partition coefficient (Wildman–Crippen LogP) is 2.05. The molecule has 0 fully saturated rings. The van der Waals surface area contributed by atoms with Gasteiger partial charge in [0.15, 0.2) is 0 Å². The lowest BCUT2D eigenvalue weighted by molar-refractivity contribution is 0.414. The molecule has 0 aliphatic carbocycles. The van der Waals surface area contributed by atoms with Crippen LogP contribution in [0.5, 0.6) is 5.75 Å². The molecule has 0 unspecified atom stereocenters. The molecule has 0 saturated heterocycles. The van der Waals surface area contributed by atoms with Crippen LogP contribution in [-0.4, -0.2) is 13.7 Å². The quantitative estimate of drug-likeness (QED) is 0.798. The summed E-state index contributed by atoms with van der Waals surface area (Å²) < 4.78 is 17.2. The van der Waals surface area contributed by atoms with Crippen molar-refractivity contribution in [2.24, 2.45) is 5.73 Å². The molecule has 1 aromatic carbocycles. The van der Waals surface area contributed by atoms with Crippen LogP contribution in [0.3, 0.4) is 0 Å². The van der Waals surface area contributed by atoms with Gasteiger partial charge in [0.1, 0.15) is 5.75 Å². The van der Waals surface area contributed by atoms with Crippen LogP contribution in [0.15, 0.2) is 36.2 Å². The molecule has 3 heteroatoms. The number of halogens is 1. The van der Waals surface area contributed by atoms with Crippen LogP contribution in [0.1, 0.15) is 5.56 Å². The molecule has 2 nitrogen and oxygen atoms in total. The fourth-order valence-electron chi connectivity index (χ4n) is 1.16. The van der Waals surface area contributed by atoms with Gasteiger partial charge < -0.3 is 10.5 Å². The number of hydrogen-bond acceptors (Lipinski definition) is 2. The van der Waals surface area contributed by atoms with Gasteiger partial charge in [-0.2, -0.15) is 0 Å². The topological polar surface area (TPSA) is 35.2 Å². The molecule has 0 amide bonds. The highest BCUT2D eigenvalue weighted by Gasteiger charge is 1.98. The van der Waals surface area contributed by atoms with E-state index in [9.17, 15) is 4.39 Å². The maximum atomic E-state index is 12.2. The Morgan fingerprint density at radius 1 is 1.43 bits per heavy atom. The van der Waals surface area contributed by atoms with E-state index in [0.717, 1.165) is 11.3 Å². The third-order valence-corrected chi connectivity index (χ3v) is 2.01. The second-order valence-corrected chi connectivity index (χ2v) is 3.00. The van der Waals surface area contributed by atoms with Crippen molar-refractivity contribution in [1.29, 1.82) is 0 Å². The molecule has 2 N–H and O–H groups in total. The number of benzene rings is 1. The van der Waals surface area contributed by atoms with Crippen molar-refractivity contribution in [3.63, 3.8) is 0 Å². The van der Waals surface area contributed by atoms with Crippen molar-refractivity contribution in [3.05, 3.63) is 41.7 Å². The van der Waals surface area contributed by atoms with Crippen LogP contribution in [-0.2, 0) is 6.42 Å². The lowest BCUT2D eigenvalue weighted by atomic mass is 10.1. The van der Waals surface area contributed by atoms with E-state index in [1.165, 1.54) is 0 Å². The fourth-order valence-corrected chi connectivity index (χ4v) is 1.16. The maximum absolute atomic E-state index is 12.2. The molecule has 0 aromatic heterocycles. The Morgan fingerprint density at radius 3 is 2.50 bits per heavy atom. The Labute approximate surface area is 83.2 Å². The summed E-state index contributed by atoms with van der Waals surface area (Å²) >= 11 is 0. The zero-order chi connectivity index (χ0) is 10.4. The van der Waals surface area contributed by atoms with E-state index in [-0.39, 0.29) is 6.54 Å². The van der Waals surface area contributed by atoms with Gasteiger partial charge in [0.2, 0.25) is 0 Å². The monoisotopic (exact) mass is 195 g/mol. The standard InChI is InChI=1S/C11H14FNO/c1-14-11-4-2-9(3-5-11)6-10(7-12)8-13/h2-5,7H,6,8,13H2,1H3/b10-7+. The van der Waals surface area contributed by atoms with Gasteiger partial charge in [0.25, 0.3) is 0 Å². The zero-order valence-electron chi connectivity index (χ0n) is 8.16. The normalized spacial score (nSPS) is 11.5. The van der Waals surface area contributed by atoms with Gasteiger partial charge in [0, 0.05) is 6.54 Å². The van der Waals surface area contributed by atoms with Gasteiger partial charge in [-0.1, -0.05) is 12.1 Å². The Bertz CT molecular complexity index is 306. The van der Waals surface area contributed by atoms with Crippen molar-refractivity contribution >= 4 is 0 Å². The first-order chi connectivity index (χ1) is 6.80. The Balaban J connectivity index is 2.68. The van der Waals surface area contributed by atoms with E-state index in [0.29, 0.717) is 18.3 Å². The van der Waals surface area contributed by atoms with Crippen LogP contribution in [0.4, 0.5) is 4.39 Å². The van der Waals surface area contributed by atoms with Crippen LogP contribution < -0.4 is 10.5 Å². The minimum absolute atomic E-state index is 0.253. The van der Waals surface area contributed by atoms with Crippen LogP contribution in [0, 0.1) is 0 Å². The van der Waals surface area contributed by atoms with E-state index in [1.54, 1.807) is 7.11 Å².